The van der Waals surface area contributed by atoms with Crippen LogP contribution >= 0.6 is 0 Å². The second-order valence-electron chi connectivity index (χ2n) is 5.67. The SMILES string of the molecule is O=C(CCNS(=O)(=O)c1ccc(F)cc1)NC1CCC(O)CC1. The Labute approximate surface area is 135 Å². The van der Waals surface area contributed by atoms with Crippen LogP contribution in [0.3, 0.4) is 0 Å². The first-order valence-corrected chi connectivity index (χ1v) is 9.08. The number of halogens is 1. The molecule has 0 aliphatic heterocycles. The van der Waals surface area contributed by atoms with E-state index >= 15 is 0 Å². The van der Waals surface area contributed by atoms with Crippen molar-refractivity contribution in [1.29, 1.82) is 0 Å². The lowest BCUT2D eigenvalue weighted by Crippen LogP contribution is -2.40. The molecular weight excluding hydrogens is 323 g/mol. The Bertz CT molecular complexity index is 625. The van der Waals surface area contributed by atoms with Gasteiger partial charge >= 0.3 is 0 Å². The van der Waals surface area contributed by atoms with Crippen molar-refractivity contribution in [2.45, 2.75) is 49.1 Å². The second kappa shape index (κ2) is 7.85. The molecule has 128 valence electrons. The Balaban J connectivity index is 1.75. The highest BCUT2D eigenvalue weighted by Gasteiger charge is 2.21. The molecule has 1 aliphatic rings. The third-order valence-electron chi connectivity index (χ3n) is 3.83. The zero-order valence-corrected chi connectivity index (χ0v) is 13.5. The monoisotopic (exact) mass is 344 g/mol. The zero-order valence-electron chi connectivity index (χ0n) is 12.7. The number of amides is 1. The molecular formula is C15H21FN2O4S. The number of sulfonamides is 1. The van der Waals surface area contributed by atoms with E-state index in [0.29, 0.717) is 12.8 Å². The Hall–Kier alpha value is -1.51. The molecule has 3 N–H and O–H groups in total. The molecule has 1 saturated carbocycles. The summed E-state index contributed by atoms with van der Waals surface area (Å²) in [5, 5.41) is 12.2. The quantitative estimate of drug-likeness (QED) is 0.715. The predicted molar refractivity (Wildman–Crippen MR) is 82.6 cm³/mol. The molecule has 0 saturated heterocycles. The maximum Gasteiger partial charge on any atom is 0.240 e. The fourth-order valence-electron chi connectivity index (χ4n) is 2.52. The van der Waals surface area contributed by atoms with Gasteiger partial charge in [-0.3, -0.25) is 4.79 Å². The second-order valence-corrected chi connectivity index (χ2v) is 7.44. The third kappa shape index (κ3) is 5.56. The van der Waals surface area contributed by atoms with Gasteiger partial charge < -0.3 is 10.4 Å². The summed E-state index contributed by atoms with van der Waals surface area (Å²) >= 11 is 0. The van der Waals surface area contributed by atoms with Gasteiger partial charge in [-0.05, 0) is 49.9 Å². The number of carbonyl (C=O) groups excluding carboxylic acids is 1. The number of benzene rings is 1. The van der Waals surface area contributed by atoms with Gasteiger partial charge in [0.1, 0.15) is 5.82 Å². The smallest absolute Gasteiger partial charge is 0.240 e. The van der Waals surface area contributed by atoms with E-state index in [1.54, 1.807) is 0 Å². The summed E-state index contributed by atoms with van der Waals surface area (Å²) in [6.45, 7) is -0.0269. The zero-order chi connectivity index (χ0) is 16.9. The molecule has 0 atom stereocenters. The van der Waals surface area contributed by atoms with Crippen LogP contribution in [0.2, 0.25) is 0 Å². The lowest BCUT2D eigenvalue weighted by Gasteiger charge is -2.26. The maximum atomic E-state index is 12.8. The Morgan fingerprint density at radius 2 is 1.78 bits per heavy atom. The van der Waals surface area contributed by atoms with E-state index in [1.807, 2.05) is 0 Å². The molecule has 0 aromatic heterocycles. The summed E-state index contributed by atoms with van der Waals surface area (Å²) in [4.78, 5) is 11.8. The lowest BCUT2D eigenvalue weighted by molar-refractivity contribution is -0.122. The number of rotatable bonds is 6. The van der Waals surface area contributed by atoms with Gasteiger partial charge in [-0.25, -0.2) is 17.5 Å². The minimum atomic E-state index is -3.74. The van der Waals surface area contributed by atoms with Crippen LogP contribution in [0.5, 0.6) is 0 Å². The number of aliphatic hydroxyl groups is 1. The molecule has 6 nitrogen and oxygen atoms in total. The first-order valence-electron chi connectivity index (χ1n) is 7.59. The van der Waals surface area contributed by atoms with E-state index < -0.39 is 15.8 Å². The number of hydrogen-bond donors (Lipinski definition) is 3. The first kappa shape index (κ1) is 17.8. The van der Waals surface area contributed by atoms with Gasteiger partial charge in [0.05, 0.1) is 11.0 Å². The molecule has 2 rings (SSSR count). The van der Waals surface area contributed by atoms with Gasteiger partial charge in [0, 0.05) is 19.0 Å². The summed E-state index contributed by atoms with van der Waals surface area (Å²) in [5.74, 6) is -0.742. The third-order valence-corrected chi connectivity index (χ3v) is 5.31. The summed E-state index contributed by atoms with van der Waals surface area (Å²) in [6.07, 6.45) is 2.54. The van der Waals surface area contributed by atoms with Gasteiger partial charge in [-0.15, -0.1) is 0 Å². The Morgan fingerprint density at radius 1 is 1.17 bits per heavy atom. The van der Waals surface area contributed by atoms with Crippen LogP contribution in [-0.4, -0.2) is 38.1 Å². The summed E-state index contributed by atoms with van der Waals surface area (Å²) in [6, 6.07) is 4.52. The molecule has 1 aromatic carbocycles. The predicted octanol–water partition coefficient (Wildman–Crippen LogP) is 0.914. The van der Waals surface area contributed by atoms with E-state index in [0.717, 1.165) is 25.0 Å². The van der Waals surface area contributed by atoms with Gasteiger partial charge in [-0.1, -0.05) is 0 Å². The minimum Gasteiger partial charge on any atom is -0.393 e. The Morgan fingerprint density at radius 3 is 2.39 bits per heavy atom. The van der Waals surface area contributed by atoms with Gasteiger partial charge in [0.15, 0.2) is 0 Å². The van der Waals surface area contributed by atoms with Crippen molar-refractivity contribution in [3.63, 3.8) is 0 Å². The molecule has 0 unspecified atom stereocenters. The van der Waals surface area contributed by atoms with Crippen molar-refractivity contribution >= 4 is 15.9 Å². The van der Waals surface area contributed by atoms with Gasteiger partial charge in [-0.2, -0.15) is 0 Å². The van der Waals surface area contributed by atoms with Crippen molar-refractivity contribution in [2.75, 3.05) is 6.54 Å². The molecule has 1 aromatic rings. The van der Waals surface area contributed by atoms with Crippen LogP contribution < -0.4 is 10.0 Å². The van der Waals surface area contributed by atoms with Gasteiger partial charge in [0.2, 0.25) is 15.9 Å². The molecule has 0 heterocycles. The summed E-state index contributed by atoms with van der Waals surface area (Å²) in [5.41, 5.74) is 0. The lowest BCUT2D eigenvalue weighted by atomic mass is 9.93. The molecule has 1 amide bonds. The fraction of sp³-hybridized carbons (Fsp3) is 0.533. The highest BCUT2D eigenvalue weighted by molar-refractivity contribution is 7.89. The molecule has 0 bridgehead atoms. The highest BCUT2D eigenvalue weighted by Crippen LogP contribution is 2.18. The molecule has 1 aliphatic carbocycles. The van der Waals surface area contributed by atoms with E-state index in [-0.39, 0.29) is 35.9 Å². The molecule has 1 fully saturated rings. The van der Waals surface area contributed by atoms with Gasteiger partial charge in [0.25, 0.3) is 0 Å². The van der Waals surface area contributed by atoms with Crippen LogP contribution in [0.25, 0.3) is 0 Å². The average Bonchev–Trinajstić information content (AvgIpc) is 2.50. The number of carbonyl (C=O) groups is 1. The fourth-order valence-corrected chi connectivity index (χ4v) is 3.55. The van der Waals surface area contributed by atoms with Crippen LogP contribution in [0.1, 0.15) is 32.1 Å². The molecule has 8 heteroatoms. The van der Waals surface area contributed by atoms with Crippen LogP contribution in [0.4, 0.5) is 4.39 Å². The van der Waals surface area contributed by atoms with Crippen molar-refractivity contribution in [1.82, 2.24) is 10.0 Å². The summed E-state index contributed by atoms with van der Waals surface area (Å²) in [7, 11) is -3.74. The first-order chi connectivity index (χ1) is 10.9. The van der Waals surface area contributed by atoms with Crippen molar-refractivity contribution in [3.05, 3.63) is 30.1 Å². The number of hydrogen-bond acceptors (Lipinski definition) is 4. The normalized spacial score (nSPS) is 21.8. The molecule has 0 radical (unpaired) electrons. The van der Waals surface area contributed by atoms with Crippen LogP contribution in [-0.2, 0) is 14.8 Å². The summed E-state index contributed by atoms with van der Waals surface area (Å²) < 4.78 is 39.0. The average molecular weight is 344 g/mol. The standard InChI is InChI=1S/C15H21FN2O4S/c16-11-1-7-14(8-2-11)23(21,22)17-10-9-15(20)18-12-3-5-13(19)6-4-12/h1-2,7-8,12-13,17,19H,3-6,9-10H2,(H,18,20). The number of aliphatic hydroxyl groups excluding tert-OH is 1. The molecule has 23 heavy (non-hydrogen) atoms. The number of nitrogens with one attached hydrogen (secondary N) is 2. The van der Waals surface area contributed by atoms with Crippen molar-refractivity contribution in [3.8, 4) is 0 Å². The van der Waals surface area contributed by atoms with E-state index in [4.69, 9.17) is 0 Å². The van der Waals surface area contributed by atoms with Crippen LogP contribution in [0, 0.1) is 5.82 Å². The van der Waals surface area contributed by atoms with E-state index in [9.17, 15) is 22.7 Å². The van der Waals surface area contributed by atoms with Crippen molar-refractivity contribution in [2.24, 2.45) is 0 Å². The minimum absolute atomic E-state index is 0.0269. The topological polar surface area (TPSA) is 95.5 Å². The van der Waals surface area contributed by atoms with E-state index in [1.165, 1.54) is 12.1 Å². The van der Waals surface area contributed by atoms with E-state index in [2.05, 4.69) is 10.0 Å². The Kier molecular flexibility index (Phi) is 6.09. The highest BCUT2D eigenvalue weighted by atomic mass is 32.2. The largest absolute Gasteiger partial charge is 0.393 e. The van der Waals surface area contributed by atoms with Crippen molar-refractivity contribution < 1.29 is 22.7 Å². The van der Waals surface area contributed by atoms with Crippen LogP contribution in [0.15, 0.2) is 29.2 Å². The maximum absolute atomic E-state index is 12.8. The molecule has 0 spiro atoms.